The minimum absolute atomic E-state index is 0.615. The van der Waals surface area contributed by atoms with E-state index in [2.05, 4.69) is 49.1 Å². The summed E-state index contributed by atoms with van der Waals surface area (Å²) in [4.78, 5) is 0. The van der Waals surface area contributed by atoms with Crippen molar-refractivity contribution in [1.82, 2.24) is 9.88 Å². The van der Waals surface area contributed by atoms with Gasteiger partial charge in [0.15, 0.2) is 0 Å². The molecule has 1 unspecified atom stereocenters. The summed E-state index contributed by atoms with van der Waals surface area (Å²) in [7, 11) is 0. The van der Waals surface area contributed by atoms with Crippen molar-refractivity contribution in [3.8, 4) is 0 Å². The standard InChI is InChI=1S/C13H24N2S/c1-4-15-8-6-13(11-15)10-14-12(3)7-9-16-5-2/h6,8,11-12,14H,4-5,7,9-10H2,1-3H3. The number of hydrogen-bond acceptors (Lipinski definition) is 2. The number of nitrogens with one attached hydrogen (secondary N) is 1. The van der Waals surface area contributed by atoms with Crippen LogP contribution in [-0.2, 0) is 13.1 Å². The third-order valence-corrected chi connectivity index (χ3v) is 3.66. The number of nitrogens with zero attached hydrogens (tertiary/aromatic N) is 1. The number of thioether (sulfide) groups is 1. The predicted molar refractivity (Wildman–Crippen MR) is 74.0 cm³/mol. The number of hydrogen-bond donors (Lipinski definition) is 1. The van der Waals surface area contributed by atoms with Crippen molar-refractivity contribution < 1.29 is 0 Å². The average Bonchev–Trinajstić information content (AvgIpc) is 2.74. The molecule has 2 nitrogen and oxygen atoms in total. The molecule has 0 radical (unpaired) electrons. The Morgan fingerprint density at radius 3 is 2.88 bits per heavy atom. The van der Waals surface area contributed by atoms with E-state index in [9.17, 15) is 0 Å². The molecule has 16 heavy (non-hydrogen) atoms. The van der Waals surface area contributed by atoms with Crippen LogP contribution in [0.3, 0.4) is 0 Å². The quantitative estimate of drug-likeness (QED) is 0.703. The summed E-state index contributed by atoms with van der Waals surface area (Å²) in [5.74, 6) is 2.49. The molecule has 0 bridgehead atoms. The van der Waals surface area contributed by atoms with Crippen molar-refractivity contribution in [3.63, 3.8) is 0 Å². The monoisotopic (exact) mass is 240 g/mol. The molecular formula is C13H24N2S. The lowest BCUT2D eigenvalue weighted by Crippen LogP contribution is -2.25. The fourth-order valence-electron chi connectivity index (χ4n) is 1.59. The van der Waals surface area contributed by atoms with Gasteiger partial charge in [0.25, 0.3) is 0 Å². The third-order valence-electron chi connectivity index (χ3n) is 2.73. The molecule has 0 fully saturated rings. The molecule has 0 amide bonds. The molecule has 0 saturated heterocycles. The van der Waals surface area contributed by atoms with Crippen molar-refractivity contribution in [1.29, 1.82) is 0 Å². The maximum absolute atomic E-state index is 3.57. The molecule has 1 atom stereocenters. The Balaban J connectivity index is 2.18. The van der Waals surface area contributed by atoms with Gasteiger partial charge in [-0.2, -0.15) is 11.8 Å². The summed E-state index contributed by atoms with van der Waals surface area (Å²) < 4.78 is 2.22. The fraction of sp³-hybridized carbons (Fsp3) is 0.692. The second-order valence-electron chi connectivity index (χ2n) is 4.12. The first kappa shape index (κ1) is 13.7. The van der Waals surface area contributed by atoms with Gasteiger partial charge in [-0.3, -0.25) is 0 Å². The van der Waals surface area contributed by atoms with E-state index in [0.717, 1.165) is 13.1 Å². The van der Waals surface area contributed by atoms with Crippen molar-refractivity contribution in [2.24, 2.45) is 0 Å². The molecule has 3 heteroatoms. The minimum Gasteiger partial charge on any atom is -0.354 e. The molecule has 1 aromatic rings. The average molecular weight is 240 g/mol. The van der Waals surface area contributed by atoms with Crippen molar-refractivity contribution >= 4 is 11.8 Å². The highest BCUT2D eigenvalue weighted by Crippen LogP contribution is 2.05. The zero-order chi connectivity index (χ0) is 11.8. The van der Waals surface area contributed by atoms with Crippen LogP contribution in [0.5, 0.6) is 0 Å². The molecule has 92 valence electrons. The predicted octanol–water partition coefficient (Wildman–Crippen LogP) is 3.13. The van der Waals surface area contributed by atoms with Gasteiger partial charge in [-0.1, -0.05) is 6.92 Å². The molecule has 1 N–H and O–H groups in total. The van der Waals surface area contributed by atoms with Crippen LogP contribution in [0.15, 0.2) is 18.5 Å². The highest BCUT2D eigenvalue weighted by molar-refractivity contribution is 7.99. The molecule has 1 heterocycles. The van der Waals surface area contributed by atoms with E-state index in [1.54, 1.807) is 0 Å². The van der Waals surface area contributed by atoms with Gasteiger partial charge < -0.3 is 9.88 Å². The number of aromatic nitrogens is 1. The summed E-state index contributed by atoms with van der Waals surface area (Å²) in [6.45, 7) is 8.71. The van der Waals surface area contributed by atoms with Crippen LogP contribution in [0.25, 0.3) is 0 Å². The summed E-state index contributed by atoms with van der Waals surface area (Å²) in [6, 6.07) is 2.81. The SMILES string of the molecule is CCSCCC(C)NCc1ccn(CC)c1. The van der Waals surface area contributed by atoms with Crippen LogP contribution >= 0.6 is 11.8 Å². The Bertz CT molecular complexity index is 283. The maximum Gasteiger partial charge on any atom is 0.0223 e. The van der Waals surface area contributed by atoms with Gasteiger partial charge in [-0.15, -0.1) is 0 Å². The van der Waals surface area contributed by atoms with E-state index in [-0.39, 0.29) is 0 Å². The molecule has 0 saturated carbocycles. The van der Waals surface area contributed by atoms with Crippen LogP contribution < -0.4 is 5.32 Å². The second kappa shape index (κ2) is 7.80. The Morgan fingerprint density at radius 2 is 2.25 bits per heavy atom. The van der Waals surface area contributed by atoms with Gasteiger partial charge in [-0.05, 0) is 43.4 Å². The van der Waals surface area contributed by atoms with Gasteiger partial charge in [0.2, 0.25) is 0 Å². The molecule has 0 spiro atoms. The van der Waals surface area contributed by atoms with E-state index >= 15 is 0 Å². The van der Waals surface area contributed by atoms with Crippen LogP contribution in [0.2, 0.25) is 0 Å². The Labute approximate surface area is 104 Å². The summed E-state index contributed by atoms with van der Waals surface area (Å²) in [5, 5.41) is 3.57. The second-order valence-corrected chi connectivity index (χ2v) is 5.51. The zero-order valence-electron chi connectivity index (χ0n) is 10.7. The van der Waals surface area contributed by atoms with E-state index in [1.807, 2.05) is 11.8 Å². The molecule has 0 aliphatic rings. The molecule has 0 aliphatic carbocycles. The first-order chi connectivity index (χ1) is 7.76. The van der Waals surface area contributed by atoms with Crippen molar-refractivity contribution in [3.05, 3.63) is 24.0 Å². The first-order valence-electron chi connectivity index (χ1n) is 6.22. The Morgan fingerprint density at radius 1 is 1.44 bits per heavy atom. The summed E-state index contributed by atoms with van der Waals surface area (Å²) >= 11 is 2.02. The molecular weight excluding hydrogens is 216 g/mol. The van der Waals surface area contributed by atoms with Gasteiger partial charge in [0, 0.05) is 31.5 Å². The van der Waals surface area contributed by atoms with E-state index in [1.165, 1.54) is 23.5 Å². The molecule has 0 aromatic carbocycles. The normalized spacial score (nSPS) is 12.9. The van der Waals surface area contributed by atoms with Crippen molar-refractivity contribution in [2.45, 2.75) is 46.3 Å². The lowest BCUT2D eigenvalue weighted by Gasteiger charge is -2.12. The van der Waals surface area contributed by atoms with E-state index < -0.39 is 0 Å². The van der Waals surface area contributed by atoms with Gasteiger partial charge in [0.1, 0.15) is 0 Å². The minimum atomic E-state index is 0.615. The van der Waals surface area contributed by atoms with Crippen LogP contribution in [0.1, 0.15) is 32.8 Å². The van der Waals surface area contributed by atoms with E-state index in [4.69, 9.17) is 0 Å². The van der Waals surface area contributed by atoms with Gasteiger partial charge in [0.05, 0.1) is 0 Å². The topological polar surface area (TPSA) is 17.0 Å². The summed E-state index contributed by atoms with van der Waals surface area (Å²) in [6.07, 6.45) is 5.63. The smallest absolute Gasteiger partial charge is 0.0223 e. The number of rotatable bonds is 8. The van der Waals surface area contributed by atoms with Crippen LogP contribution in [0, 0.1) is 0 Å². The first-order valence-corrected chi connectivity index (χ1v) is 7.37. The molecule has 1 aromatic heterocycles. The van der Waals surface area contributed by atoms with Crippen molar-refractivity contribution in [2.75, 3.05) is 11.5 Å². The van der Waals surface area contributed by atoms with E-state index in [0.29, 0.717) is 6.04 Å². The maximum atomic E-state index is 3.57. The summed E-state index contributed by atoms with van der Waals surface area (Å²) in [5.41, 5.74) is 1.39. The Hall–Kier alpha value is -0.410. The van der Waals surface area contributed by atoms with Gasteiger partial charge >= 0.3 is 0 Å². The fourth-order valence-corrected chi connectivity index (χ4v) is 2.40. The van der Waals surface area contributed by atoms with Crippen LogP contribution in [-0.4, -0.2) is 22.1 Å². The highest BCUT2D eigenvalue weighted by atomic mass is 32.2. The lowest BCUT2D eigenvalue weighted by atomic mass is 10.2. The largest absolute Gasteiger partial charge is 0.354 e. The lowest BCUT2D eigenvalue weighted by molar-refractivity contribution is 0.537. The van der Waals surface area contributed by atoms with Crippen LogP contribution in [0.4, 0.5) is 0 Å². The Kier molecular flexibility index (Phi) is 6.65. The molecule has 0 aliphatic heterocycles. The number of aryl methyl sites for hydroxylation is 1. The third kappa shape index (κ3) is 5.08. The highest BCUT2D eigenvalue weighted by Gasteiger charge is 2.02. The molecule has 1 rings (SSSR count). The van der Waals surface area contributed by atoms with Gasteiger partial charge in [-0.25, -0.2) is 0 Å². The zero-order valence-corrected chi connectivity index (χ0v) is 11.5.